The van der Waals surface area contributed by atoms with Crippen molar-refractivity contribution < 1.29 is 14.3 Å². The predicted octanol–water partition coefficient (Wildman–Crippen LogP) is 0.426. The maximum atomic E-state index is 11.4. The van der Waals surface area contributed by atoms with E-state index in [1.807, 2.05) is 6.92 Å². The van der Waals surface area contributed by atoms with Crippen molar-refractivity contribution >= 4 is 5.91 Å². The van der Waals surface area contributed by atoms with Crippen molar-refractivity contribution in [2.45, 2.75) is 44.8 Å². The maximum Gasteiger partial charge on any atom is 0.222 e. The number of ether oxygens (including phenoxy) is 2. The largest absolute Gasteiger partial charge is 0.378 e. The lowest BCUT2D eigenvalue weighted by molar-refractivity contribution is -0.122. The molecule has 1 saturated heterocycles. The molecule has 1 heterocycles. The van der Waals surface area contributed by atoms with Gasteiger partial charge in [0, 0.05) is 25.6 Å². The van der Waals surface area contributed by atoms with Crippen LogP contribution in [-0.4, -0.2) is 44.4 Å². The zero-order chi connectivity index (χ0) is 12.5. The number of rotatable bonds is 8. The van der Waals surface area contributed by atoms with Gasteiger partial charge in [0.25, 0.3) is 0 Å². The van der Waals surface area contributed by atoms with Crippen LogP contribution in [-0.2, 0) is 14.3 Å². The monoisotopic (exact) mass is 244 g/mol. The molecule has 0 bridgehead atoms. The molecule has 0 aromatic carbocycles. The van der Waals surface area contributed by atoms with E-state index in [0.29, 0.717) is 26.2 Å². The Hall–Kier alpha value is -0.650. The molecular weight excluding hydrogens is 220 g/mol. The molecule has 1 amide bonds. The summed E-state index contributed by atoms with van der Waals surface area (Å²) in [4.78, 5) is 11.4. The second-order valence-electron chi connectivity index (χ2n) is 4.58. The van der Waals surface area contributed by atoms with Crippen LogP contribution >= 0.6 is 0 Å². The van der Waals surface area contributed by atoms with E-state index in [0.717, 1.165) is 25.9 Å². The summed E-state index contributed by atoms with van der Waals surface area (Å²) in [5.41, 5.74) is 5.58. The molecule has 2 unspecified atom stereocenters. The number of hydrogen-bond donors (Lipinski definition) is 2. The Bertz CT molecular complexity index is 216. The van der Waals surface area contributed by atoms with Gasteiger partial charge in [0.05, 0.1) is 19.3 Å². The highest BCUT2D eigenvalue weighted by Crippen LogP contribution is 2.11. The lowest BCUT2D eigenvalue weighted by atomic mass is 10.2. The van der Waals surface area contributed by atoms with Crippen molar-refractivity contribution in [3.05, 3.63) is 0 Å². The molecule has 0 aromatic heterocycles. The van der Waals surface area contributed by atoms with Crippen LogP contribution in [0.25, 0.3) is 0 Å². The fourth-order valence-corrected chi connectivity index (χ4v) is 1.68. The molecule has 1 rings (SSSR count). The summed E-state index contributed by atoms with van der Waals surface area (Å²) in [5, 5.41) is 2.81. The summed E-state index contributed by atoms with van der Waals surface area (Å²) >= 11 is 0. The minimum absolute atomic E-state index is 0.0259. The Balaban J connectivity index is 1.89. The van der Waals surface area contributed by atoms with E-state index in [2.05, 4.69) is 5.32 Å². The van der Waals surface area contributed by atoms with Crippen LogP contribution in [0, 0.1) is 0 Å². The van der Waals surface area contributed by atoms with Gasteiger partial charge in [0.1, 0.15) is 0 Å². The topological polar surface area (TPSA) is 73.6 Å². The van der Waals surface area contributed by atoms with Crippen molar-refractivity contribution in [2.75, 3.05) is 26.4 Å². The molecule has 0 saturated carbocycles. The van der Waals surface area contributed by atoms with Gasteiger partial charge >= 0.3 is 0 Å². The van der Waals surface area contributed by atoms with E-state index in [4.69, 9.17) is 15.2 Å². The van der Waals surface area contributed by atoms with E-state index in [9.17, 15) is 4.79 Å². The first-order valence-electron chi connectivity index (χ1n) is 6.40. The fourth-order valence-electron chi connectivity index (χ4n) is 1.68. The average molecular weight is 244 g/mol. The molecule has 1 aliphatic rings. The van der Waals surface area contributed by atoms with Gasteiger partial charge in [0.2, 0.25) is 5.91 Å². The zero-order valence-electron chi connectivity index (χ0n) is 10.6. The smallest absolute Gasteiger partial charge is 0.222 e. The molecule has 5 heteroatoms. The Labute approximate surface area is 103 Å². The number of amides is 1. The van der Waals surface area contributed by atoms with Crippen molar-refractivity contribution in [1.82, 2.24) is 5.32 Å². The summed E-state index contributed by atoms with van der Waals surface area (Å²) in [5.74, 6) is 0.0259. The average Bonchev–Trinajstić information content (AvgIpc) is 2.76. The normalized spacial score (nSPS) is 21.4. The van der Waals surface area contributed by atoms with E-state index in [-0.39, 0.29) is 18.1 Å². The third-order valence-electron chi connectivity index (χ3n) is 2.72. The zero-order valence-corrected chi connectivity index (χ0v) is 10.6. The van der Waals surface area contributed by atoms with Gasteiger partial charge in [-0.05, 0) is 26.2 Å². The van der Waals surface area contributed by atoms with Crippen molar-refractivity contribution in [3.8, 4) is 0 Å². The second-order valence-corrected chi connectivity index (χ2v) is 4.58. The number of carbonyl (C=O) groups is 1. The van der Waals surface area contributed by atoms with Crippen LogP contribution in [0.2, 0.25) is 0 Å². The summed E-state index contributed by atoms with van der Waals surface area (Å²) in [6, 6.07) is 0.131. The molecule has 0 radical (unpaired) electrons. The van der Waals surface area contributed by atoms with E-state index in [1.54, 1.807) is 0 Å². The van der Waals surface area contributed by atoms with Crippen LogP contribution < -0.4 is 11.1 Å². The molecule has 5 nitrogen and oxygen atoms in total. The maximum absolute atomic E-state index is 11.4. The highest BCUT2D eigenvalue weighted by Gasteiger charge is 2.15. The van der Waals surface area contributed by atoms with Crippen LogP contribution in [0.5, 0.6) is 0 Å². The highest BCUT2D eigenvalue weighted by atomic mass is 16.5. The molecular formula is C12H24N2O3. The summed E-state index contributed by atoms with van der Waals surface area (Å²) in [6.45, 7) is 4.47. The van der Waals surface area contributed by atoms with Gasteiger partial charge in [-0.15, -0.1) is 0 Å². The standard InChI is InChI=1S/C12H24N2O3/c1-10(13)4-6-14-12(15)5-8-16-9-11-3-2-7-17-11/h10-11H,2-9,13H2,1H3,(H,14,15). The quantitative estimate of drug-likeness (QED) is 0.607. The first kappa shape index (κ1) is 14.4. The van der Waals surface area contributed by atoms with E-state index >= 15 is 0 Å². The van der Waals surface area contributed by atoms with Crippen LogP contribution in [0.1, 0.15) is 32.6 Å². The molecule has 1 aliphatic heterocycles. The molecule has 0 aliphatic carbocycles. The lowest BCUT2D eigenvalue weighted by Gasteiger charge is -2.10. The third kappa shape index (κ3) is 7.31. The van der Waals surface area contributed by atoms with Crippen molar-refractivity contribution in [1.29, 1.82) is 0 Å². The minimum atomic E-state index is 0.0259. The molecule has 100 valence electrons. The van der Waals surface area contributed by atoms with Gasteiger partial charge in [-0.2, -0.15) is 0 Å². The number of nitrogens with one attached hydrogen (secondary N) is 1. The second kappa shape index (κ2) is 8.44. The van der Waals surface area contributed by atoms with Crippen molar-refractivity contribution in [3.63, 3.8) is 0 Å². The Morgan fingerprint density at radius 2 is 2.47 bits per heavy atom. The van der Waals surface area contributed by atoms with Gasteiger partial charge in [0.15, 0.2) is 0 Å². The number of carbonyl (C=O) groups excluding carboxylic acids is 1. The van der Waals surface area contributed by atoms with Gasteiger partial charge in [-0.25, -0.2) is 0 Å². The molecule has 3 N–H and O–H groups in total. The molecule has 0 spiro atoms. The highest BCUT2D eigenvalue weighted by molar-refractivity contribution is 5.75. The Morgan fingerprint density at radius 3 is 3.12 bits per heavy atom. The van der Waals surface area contributed by atoms with Crippen LogP contribution in [0.3, 0.4) is 0 Å². The van der Waals surface area contributed by atoms with Crippen molar-refractivity contribution in [2.24, 2.45) is 5.73 Å². The molecule has 0 aromatic rings. The molecule has 1 fully saturated rings. The van der Waals surface area contributed by atoms with Gasteiger partial charge < -0.3 is 20.5 Å². The first-order chi connectivity index (χ1) is 8.18. The summed E-state index contributed by atoms with van der Waals surface area (Å²) in [7, 11) is 0. The summed E-state index contributed by atoms with van der Waals surface area (Å²) in [6.07, 6.45) is 3.64. The minimum Gasteiger partial charge on any atom is -0.378 e. The van der Waals surface area contributed by atoms with Crippen LogP contribution in [0.4, 0.5) is 0 Å². The van der Waals surface area contributed by atoms with E-state index < -0.39 is 0 Å². The number of nitrogens with two attached hydrogens (primary N) is 1. The third-order valence-corrected chi connectivity index (χ3v) is 2.72. The predicted molar refractivity (Wildman–Crippen MR) is 65.7 cm³/mol. The van der Waals surface area contributed by atoms with E-state index in [1.165, 1.54) is 0 Å². The summed E-state index contributed by atoms with van der Waals surface area (Å²) < 4.78 is 10.8. The Kier molecular flexibility index (Phi) is 7.16. The Morgan fingerprint density at radius 1 is 1.65 bits per heavy atom. The fraction of sp³-hybridized carbons (Fsp3) is 0.917. The van der Waals surface area contributed by atoms with Gasteiger partial charge in [-0.3, -0.25) is 4.79 Å². The van der Waals surface area contributed by atoms with Gasteiger partial charge in [-0.1, -0.05) is 0 Å². The lowest BCUT2D eigenvalue weighted by Crippen LogP contribution is -2.29. The van der Waals surface area contributed by atoms with Crippen LogP contribution in [0.15, 0.2) is 0 Å². The SMILES string of the molecule is CC(N)CCNC(=O)CCOCC1CCCO1. The molecule has 17 heavy (non-hydrogen) atoms. The molecule has 2 atom stereocenters. The first-order valence-corrected chi connectivity index (χ1v) is 6.40. The number of hydrogen-bond acceptors (Lipinski definition) is 4.